The topological polar surface area (TPSA) is 67.5 Å². The summed E-state index contributed by atoms with van der Waals surface area (Å²) in [5.74, 6) is 1.73. The summed E-state index contributed by atoms with van der Waals surface area (Å²) >= 11 is 0. The van der Waals surface area contributed by atoms with Crippen LogP contribution in [0.4, 0.5) is 0 Å². The number of nitrogens with zero attached hydrogens (tertiary/aromatic N) is 1. The average Bonchev–Trinajstić information content (AvgIpc) is 2.82. The zero-order valence-electron chi connectivity index (χ0n) is 11.3. The minimum Gasteiger partial charge on any atom is -0.508 e. The van der Waals surface area contributed by atoms with Gasteiger partial charge >= 0.3 is 0 Å². The fourth-order valence-corrected chi connectivity index (χ4v) is 1.87. The van der Waals surface area contributed by atoms with Gasteiger partial charge in [0.2, 0.25) is 0 Å². The number of nitrogens with one attached hydrogen (secondary N) is 1. The van der Waals surface area contributed by atoms with Gasteiger partial charge in [0.1, 0.15) is 11.5 Å². The Morgan fingerprint density at radius 3 is 2.84 bits per heavy atom. The molecule has 2 rings (SSSR count). The van der Waals surface area contributed by atoms with Crippen molar-refractivity contribution in [2.75, 3.05) is 7.11 Å². The number of rotatable bonds is 5. The first kappa shape index (κ1) is 13.4. The lowest BCUT2D eigenvalue weighted by Crippen LogP contribution is -2.18. The zero-order valence-corrected chi connectivity index (χ0v) is 11.3. The Hall–Kier alpha value is -2.01. The van der Waals surface area contributed by atoms with Crippen molar-refractivity contribution in [3.63, 3.8) is 0 Å². The van der Waals surface area contributed by atoms with Crippen molar-refractivity contribution in [2.45, 2.75) is 26.4 Å². The Labute approximate surface area is 112 Å². The lowest BCUT2D eigenvalue weighted by Gasteiger charge is -2.15. The lowest BCUT2D eigenvalue weighted by atomic mass is 10.1. The molecular formula is C14H18N2O3. The molecule has 0 aliphatic rings. The minimum absolute atomic E-state index is 0.0273. The monoisotopic (exact) mass is 262 g/mol. The number of hydrogen-bond acceptors (Lipinski definition) is 5. The van der Waals surface area contributed by atoms with Gasteiger partial charge in [0.15, 0.2) is 5.76 Å². The van der Waals surface area contributed by atoms with Gasteiger partial charge in [-0.25, -0.2) is 0 Å². The van der Waals surface area contributed by atoms with E-state index in [1.54, 1.807) is 19.2 Å². The van der Waals surface area contributed by atoms with Gasteiger partial charge in [-0.3, -0.25) is 0 Å². The van der Waals surface area contributed by atoms with Crippen LogP contribution in [0.2, 0.25) is 0 Å². The summed E-state index contributed by atoms with van der Waals surface area (Å²) in [6, 6.07) is 7.03. The normalized spacial score (nSPS) is 12.4. The van der Waals surface area contributed by atoms with Crippen molar-refractivity contribution < 1.29 is 14.4 Å². The van der Waals surface area contributed by atoms with Crippen LogP contribution < -0.4 is 10.1 Å². The highest BCUT2D eigenvalue weighted by Crippen LogP contribution is 2.28. The summed E-state index contributed by atoms with van der Waals surface area (Å²) in [4.78, 5) is 0. The van der Waals surface area contributed by atoms with Gasteiger partial charge in [0, 0.05) is 17.7 Å². The van der Waals surface area contributed by atoms with Gasteiger partial charge in [-0.15, -0.1) is 0 Å². The van der Waals surface area contributed by atoms with E-state index in [9.17, 15) is 5.11 Å². The highest BCUT2D eigenvalue weighted by molar-refractivity contribution is 5.41. The second-order valence-electron chi connectivity index (χ2n) is 4.46. The number of phenols is 1. The van der Waals surface area contributed by atoms with Gasteiger partial charge in [-0.2, -0.15) is 0 Å². The van der Waals surface area contributed by atoms with E-state index in [4.69, 9.17) is 9.26 Å². The Kier molecular flexibility index (Phi) is 4.06. The number of ether oxygens (including phenoxy) is 1. The van der Waals surface area contributed by atoms with E-state index in [1.807, 2.05) is 26.0 Å². The Bertz CT molecular complexity index is 551. The van der Waals surface area contributed by atoms with Crippen LogP contribution in [0.5, 0.6) is 11.5 Å². The average molecular weight is 262 g/mol. The molecule has 1 aromatic carbocycles. The summed E-state index contributed by atoms with van der Waals surface area (Å²) in [7, 11) is 1.60. The minimum atomic E-state index is -0.0273. The van der Waals surface area contributed by atoms with Crippen LogP contribution in [0, 0.1) is 6.92 Å². The summed E-state index contributed by atoms with van der Waals surface area (Å²) in [6.07, 6.45) is 0. The number of benzene rings is 1. The third-order valence-corrected chi connectivity index (χ3v) is 2.96. The largest absolute Gasteiger partial charge is 0.508 e. The van der Waals surface area contributed by atoms with E-state index in [1.165, 1.54) is 0 Å². The number of methoxy groups -OCH3 is 1. The molecule has 0 amide bonds. The predicted molar refractivity (Wildman–Crippen MR) is 71.2 cm³/mol. The number of aromatic nitrogens is 1. The van der Waals surface area contributed by atoms with Gasteiger partial charge in [-0.05, 0) is 32.0 Å². The third kappa shape index (κ3) is 3.26. The molecule has 0 saturated carbocycles. The zero-order chi connectivity index (χ0) is 13.8. The second kappa shape index (κ2) is 5.75. The maximum atomic E-state index is 9.87. The molecule has 0 spiro atoms. The van der Waals surface area contributed by atoms with Gasteiger partial charge in [0.25, 0.3) is 0 Å². The molecule has 0 aliphatic heterocycles. The molecule has 102 valence electrons. The maximum Gasteiger partial charge on any atom is 0.150 e. The fourth-order valence-electron chi connectivity index (χ4n) is 1.87. The second-order valence-corrected chi connectivity index (χ2v) is 4.46. The lowest BCUT2D eigenvalue weighted by molar-refractivity contribution is 0.360. The van der Waals surface area contributed by atoms with Gasteiger partial charge in [0.05, 0.1) is 19.3 Å². The van der Waals surface area contributed by atoms with Crippen LogP contribution in [0.15, 0.2) is 28.8 Å². The number of aromatic hydroxyl groups is 1. The van der Waals surface area contributed by atoms with E-state index in [-0.39, 0.29) is 11.8 Å². The highest BCUT2D eigenvalue weighted by atomic mass is 16.5. The molecule has 19 heavy (non-hydrogen) atoms. The Morgan fingerprint density at radius 1 is 1.42 bits per heavy atom. The molecule has 0 bridgehead atoms. The van der Waals surface area contributed by atoms with Crippen molar-refractivity contribution >= 4 is 0 Å². The van der Waals surface area contributed by atoms with Crippen LogP contribution in [-0.2, 0) is 6.54 Å². The molecule has 1 aromatic heterocycles. The Balaban J connectivity index is 2.04. The molecule has 5 nitrogen and oxygen atoms in total. The number of hydrogen-bond donors (Lipinski definition) is 2. The third-order valence-electron chi connectivity index (χ3n) is 2.96. The first-order valence-corrected chi connectivity index (χ1v) is 6.12. The molecular weight excluding hydrogens is 244 g/mol. The summed E-state index contributed by atoms with van der Waals surface area (Å²) in [5, 5.41) is 17.0. The molecule has 2 aromatic rings. The highest BCUT2D eigenvalue weighted by Gasteiger charge is 2.12. The quantitative estimate of drug-likeness (QED) is 0.866. The predicted octanol–water partition coefficient (Wildman–Crippen LogP) is 2.55. The number of aryl methyl sites for hydroxylation is 1. The van der Waals surface area contributed by atoms with E-state index in [2.05, 4.69) is 10.5 Å². The van der Waals surface area contributed by atoms with Gasteiger partial charge < -0.3 is 19.7 Å². The molecule has 1 unspecified atom stereocenters. The van der Waals surface area contributed by atoms with E-state index in [0.717, 1.165) is 22.8 Å². The van der Waals surface area contributed by atoms with Crippen molar-refractivity contribution in [3.05, 3.63) is 41.3 Å². The summed E-state index contributed by atoms with van der Waals surface area (Å²) in [6.45, 7) is 4.40. The smallest absolute Gasteiger partial charge is 0.150 e. The summed E-state index contributed by atoms with van der Waals surface area (Å²) in [5.41, 5.74) is 1.64. The molecule has 0 fully saturated rings. The van der Waals surface area contributed by atoms with Crippen molar-refractivity contribution in [3.8, 4) is 11.5 Å². The van der Waals surface area contributed by atoms with E-state index >= 15 is 0 Å². The first-order valence-electron chi connectivity index (χ1n) is 6.12. The summed E-state index contributed by atoms with van der Waals surface area (Å²) < 4.78 is 10.3. The molecule has 2 N–H and O–H groups in total. The van der Waals surface area contributed by atoms with Crippen molar-refractivity contribution in [1.82, 2.24) is 10.5 Å². The molecule has 0 radical (unpaired) electrons. The van der Waals surface area contributed by atoms with Crippen LogP contribution in [0.3, 0.4) is 0 Å². The SMILES string of the molecule is COc1ccc(O)c(C(C)NCc2cc(C)no2)c1. The maximum absolute atomic E-state index is 9.87. The van der Waals surface area contributed by atoms with Crippen LogP contribution in [0.25, 0.3) is 0 Å². The van der Waals surface area contributed by atoms with E-state index in [0.29, 0.717) is 6.54 Å². The van der Waals surface area contributed by atoms with Crippen molar-refractivity contribution in [2.24, 2.45) is 0 Å². The van der Waals surface area contributed by atoms with Crippen LogP contribution in [-0.4, -0.2) is 17.4 Å². The van der Waals surface area contributed by atoms with Gasteiger partial charge in [-0.1, -0.05) is 5.16 Å². The number of phenolic OH excluding ortho intramolecular Hbond substituents is 1. The van der Waals surface area contributed by atoms with E-state index < -0.39 is 0 Å². The van der Waals surface area contributed by atoms with Crippen molar-refractivity contribution in [1.29, 1.82) is 0 Å². The fraction of sp³-hybridized carbons (Fsp3) is 0.357. The first-order chi connectivity index (χ1) is 9.10. The Morgan fingerprint density at radius 2 is 2.21 bits per heavy atom. The standard InChI is InChI=1S/C14H18N2O3/c1-9-6-12(19-16-9)8-15-10(2)13-7-11(18-3)4-5-14(13)17/h4-7,10,15,17H,8H2,1-3H3. The molecule has 1 heterocycles. The molecule has 0 saturated heterocycles. The molecule has 1 atom stereocenters. The van der Waals surface area contributed by atoms with Crippen LogP contribution in [0.1, 0.15) is 30.0 Å². The molecule has 5 heteroatoms. The van der Waals surface area contributed by atoms with Crippen LogP contribution >= 0.6 is 0 Å². The molecule has 0 aliphatic carbocycles.